The summed E-state index contributed by atoms with van der Waals surface area (Å²) in [6.07, 6.45) is 14.3. The van der Waals surface area contributed by atoms with Gasteiger partial charge in [0.15, 0.2) is 0 Å². The van der Waals surface area contributed by atoms with Crippen molar-refractivity contribution < 1.29 is 9.59 Å². The Kier molecular flexibility index (Phi) is 8.93. The Bertz CT molecular complexity index is 1630. The summed E-state index contributed by atoms with van der Waals surface area (Å²) in [6.45, 7) is 2.65. The highest BCUT2D eigenvalue weighted by molar-refractivity contribution is 7.14. The molecular weight excluding hydrogens is 554 g/mol. The molecule has 2 aromatic carbocycles. The lowest BCUT2D eigenvalue weighted by Gasteiger charge is -2.13. The van der Waals surface area contributed by atoms with Crippen molar-refractivity contribution >= 4 is 40.5 Å². The van der Waals surface area contributed by atoms with Gasteiger partial charge in [0.2, 0.25) is 5.95 Å². The van der Waals surface area contributed by atoms with E-state index in [0.717, 1.165) is 65.2 Å². The minimum Gasteiger partial charge on any atom is -0.352 e. The Morgan fingerprint density at radius 1 is 0.930 bits per heavy atom. The van der Waals surface area contributed by atoms with Crippen LogP contribution in [0.3, 0.4) is 0 Å². The highest BCUT2D eigenvalue weighted by Gasteiger charge is 2.19. The van der Waals surface area contributed by atoms with Crippen LogP contribution in [-0.2, 0) is 12.8 Å². The number of hydrogen-bond acceptors (Lipinski definition) is 6. The molecule has 4 aromatic rings. The quantitative estimate of drug-likeness (QED) is 0.171. The average Bonchev–Trinajstić information content (AvgIpc) is 3.48. The average molecular weight is 592 g/mol. The van der Waals surface area contributed by atoms with Crippen LogP contribution in [0.15, 0.2) is 72.4 Å². The van der Waals surface area contributed by atoms with Gasteiger partial charge in [-0.3, -0.25) is 9.59 Å². The Morgan fingerprint density at radius 3 is 2.58 bits per heavy atom. The maximum Gasteiger partial charge on any atom is 0.265 e. The first kappa shape index (κ1) is 28.8. The van der Waals surface area contributed by atoms with Gasteiger partial charge in [0.1, 0.15) is 0 Å². The van der Waals surface area contributed by atoms with Crippen molar-refractivity contribution in [1.82, 2.24) is 15.3 Å². The number of benzene rings is 2. The van der Waals surface area contributed by atoms with E-state index in [1.807, 2.05) is 55.5 Å². The number of carbonyl (C=O) groups is 2. The van der Waals surface area contributed by atoms with Gasteiger partial charge in [0.25, 0.3) is 11.8 Å². The number of rotatable bonds is 9. The number of aryl methyl sites for hydroxylation is 2. The van der Waals surface area contributed by atoms with Crippen LogP contribution in [0, 0.1) is 6.92 Å². The molecule has 0 saturated carbocycles. The molecule has 2 aromatic heterocycles. The van der Waals surface area contributed by atoms with Crippen LogP contribution in [0.2, 0.25) is 0 Å². The van der Waals surface area contributed by atoms with Gasteiger partial charge in [-0.05, 0) is 118 Å². The standard InChI is InChI=1S/C35H37N5O2S/c1-23-28(11-7-12-29(23)39-34(42)32-22-26-10-5-6-13-31(26)43-32)30-19-21-37-35(40-30)38-27-16-14-25(15-17-27)33(41)36-20-18-24-8-3-2-4-9-24/h7-8,11-12,14-17,19,21-22H,2-6,9-10,13,18,20H2,1H3,(H,36,41)(H,39,42)(H,37,38,40). The second-order valence-corrected chi connectivity index (χ2v) is 12.4. The smallest absolute Gasteiger partial charge is 0.265 e. The number of nitrogens with one attached hydrogen (secondary N) is 3. The van der Waals surface area contributed by atoms with Crippen molar-refractivity contribution in [3.05, 3.63) is 98.9 Å². The fourth-order valence-corrected chi connectivity index (χ4v) is 6.96. The Hall–Kier alpha value is -4.30. The molecule has 7 nitrogen and oxygen atoms in total. The van der Waals surface area contributed by atoms with Gasteiger partial charge in [0, 0.05) is 40.1 Å². The highest BCUT2D eigenvalue weighted by atomic mass is 32.1. The molecule has 6 rings (SSSR count). The molecule has 220 valence electrons. The van der Waals surface area contributed by atoms with Crippen LogP contribution in [-0.4, -0.2) is 28.3 Å². The number of fused-ring (bicyclic) bond motifs is 1. The van der Waals surface area contributed by atoms with Crippen molar-refractivity contribution in [1.29, 1.82) is 0 Å². The zero-order chi connectivity index (χ0) is 29.6. The molecule has 0 atom stereocenters. The molecule has 3 N–H and O–H groups in total. The summed E-state index contributed by atoms with van der Waals surface area (Å²) in [5.41, 5.74) is 7.58. The number of anilines is 3. The van der Waals surface area contributed by atoms with Crippen LogP contribution in [0.5, 0.6) is 0 Å². The van der Waals surface area contributed by atoms with E-state index in [1.165, 1.54) is 41.7 Å². The van der Waals surface area contributed by atoms with Crippen LogP contribution in [0.4, 0.5) is 17.3 Å². The number of carbonyl (C=O) groups excluding carboxylic acids is 2. The molecular formula is C35H37N5O2S. The molecule has 2 heterocycles. The maximum absolute atomic E-state index is 13.1. The molecule has 2 amide bonds. The molecule has 2 aliphatic rings. The zero-order valence-electron chi connectivity index (χ0n) is 24.5. The van der Waals surface area contributed by atoms with E-state index in [0.29, 0.717) is 18.1 Å². The summed E-state index contributed by atoms with van der Waals surface area (Å²) in [5, 5.41) is 9.40. The van der Waals surface area contributed by atoms with Crippen molar-refractivity contribution in [2.75, 3.05) is 17.2 Å². The number of nitrogens with zero attached hydrogens (tertiary/aromatic N) is 2. The summed E-state index contributed by atoms with van der Waals surface area (Å²) >= 11 is 1.62. The molecule has 0 unspecified atom stereocenters. The molecule has 0 spiro atoms. The normalized spacial score (nSPS) is 14.4. The lowest BCUT2D eigenvalue weighted by atomic mass is 9.97. The molecule has 0 aliphatic heterocycles. The number of aromatic nitrogens is 2. The first-order chi connectivity index (χ1) is 21.0. The molecule has 0 radical (unpaired) electrons. The summed E-state index contributed by atoms with van der Waals surface area (Å²) in [7, 11) is 0. The summed E-state index contributed by atoms with van der Waals surface area (Å²) < 4.78 is 0. The molecule has 0 fully saturated rings. The van der Waals surface area contributed by atoms with E-state index in [4.69, 9.17) is 4.98 Å². The Labute approximate surface area is 256 Å². The summed E-state index contributed by atoms with van der Waals surface area (Å²) in [4.78, 5) is 37.0. The van der Waals surface area contributed by atoms with Gasteiger partial charge < -0.3 is 16.0 Å². The third-order valence-corrected chi connectivity index (χ3v) is 9.49. The number of thiophene rings is 1. The van der Waals surface area contributed by atoms with Crippen LogP contribution >= 0.6 is 11.3 Å². The predicted molar refractivity (Wildman–Crippen MR) is 174 cm³/mol. The van der Waals surface area contributed by atoms with Gasteiger partial charge >= 0.3 is 0 Å². The predicted octanol–water partition coefficient (Wildman–Crippen LogP) is 8.01. The van der Waals surface area contributed by atoms with Gasteiger partial charge in [-0.15, -0.1) is 11.3 Å². The van der Waals surface area contributed by atoms with E-state index < -0.39 is 0 Å². The second-order valence-electron chi connectivity index (χ2n) is 11.3. The second kappa shape index (κ2) is 13.3. The van der Waals surface area contributed by atoms with Crippen molar-refractivity contribution in [3.63, 3.8) is 0 Å². The monoisotopic (exact) mass is 591 g/mol. The minimum atomic E-state index is -0.0673. The maximum atomic E-state index is 13.1. The van der Waals surface area contributed by atoms with E-state index >= 15 is 0 Å². The molecule has 8 heteroatoms. The third-order valence-electron chi connectivity index (χ3n) is 8.25. The van der Waals surface area contributed by atoms with Crippen molar-refractivity contribution in [2.24, 2.45) is 0 Å². The Morgan fingerprint density at radius 2 is 1.77 bits per heavy atom. The van der Waals surface area contributed by atoms with Crippen LogP contribution in [0.1, 0.15) is 81.0 Å². The highest BCUT2D eigenvalue weighted by Crippen LogP contribution is 2.32. The Balaban J connectivity index is 1.09. The lowest BCUT2D eigenvalue weighted by Crippen LogP contribution is -2.24. The summed E-state index contributed by atoms with van der Waals surface area (Å²) in [5.74, 6) is 0.319. The minimum absolute atomic E-state index is 0.0663. The molecule has 43 heavy (non-hydrogen) atoms. The fraction of sp³-hybridized carbons (Fsp3) is 0.314. The number of allylic oxidation sites excluding steroid dienone is 1. The number of amides is 2. The topological polar surface area (TPSA) is 96.0 Å². The van der Waals surface area contributed by atoms with Gasteiger partial charge in [-0.1, -0.05) is 23.8 Å². The van der Waals surface area contributed by atoms with Crippen LogP contribution < -0.4 is 16.0 Å². The van der Waals surface area contributed by atoms with Crippen molar-refractivity contribution in [3.8, 4) is 11.3 Å². The molecule has 2 aliphatic carbocycles. The zero-order valence-corrected chi connectivity index (χ0v) is 25.4. The first-order valence-electron chi connectivity index (χ1n) is 15.2. The van der Waals surface area contributed by atoms with Gasteiger partial charge in [-0.2, -0.15) is 0 Å². The lowest BCUT2D eigenvalue weighted by molar-refractivity contribution is 0.0953. The van der Waals surface area contributed by atoms with E-state index in [-0.39, 0.29) is 11.8 Å². The SMILES string of the molecule is Cc1c(NC(=O)c2cc3c(s2)CCCC3)cccc1-c1ccnc(Nc2ccc(C(=O)NCCC3=CCCCC3)cc2)n1. The van der Waals surface area contributed by atoms with E-state index in [2.05, 4.69) is 33.1 Å². The van der Waals surface area contributed by atoms with Gasteiger partial charge in [-0.25, -0.2) is 9.97 Å². The fourth-order valence-electron chi connectivity index (χ4n) is 5.81. The van der Waals surface area contributed by atoms with E-state index in [9.17, 15) is 9.59 Å². The molecule has 0 saturated heterocycles. The molecule has 0 bridgehead atoms. The number of hydrogen-bond donors (Lipinski definition) is 3. The summed E-state index contributed by atoms with van der Waals surface area (Å²) in [6, 6.07) is 17.1. The largest absolute Gasteiger partial charge is 0.352 e. The van der Waals surface area contributed by atoms with Crippen LogP contribution in [0.25, 0.3) is 11.3 Å². The van der Waals surface area contributed by atoms with Crippen molar-refractivity contribution in [2.45, 2.75) is 64.7 Å². The van der Waals surface area contributed by atoms with E-state index in [1.54, 1.807) is 17.5 Å². The van der Waals surface area contributed by atoms with Gasteiger partial charge in [0.05, 0.1) is 10.6 Å². The first-order valence-corrected chi connectivity index (χ1v) is 16.0. The third kappa shape index (κ3) is 7.03.